The molecule has 9 heteroatoms. The molecule has 38 heavy (non-hydrogen) atoms. The van der Waals surface area contributed by atoms with Crippen molar-refractivity contribution in [3.63, 3.8) is 0 Å². The minimum Gasteiger partial charge on any atom is -0.326 e. The van der Waals surface area contributed by atoms with Gasteiger partial charge in [0, 0.05) is 61.1 Å². The quantitative estimate of drug-likeness (QED) is 0.624. The number of amides is 2. The summed E-state index contributed by atoms with van der Waals surface area (Å²) < 4.78 is 29.0. The highest BCUT2D eigenvalue weighted by Crippen LogP contribution is 2.40. The number of rotatable bonds is 4. The highest BCUT2D eigenvalue weighted by molar-refractivity contribution is 5.75. The van der Waals surface area contributed by atoms with E-state index in [-0.39, 0.29) is 28.7 Å². The number of aryl methyl sites for hydroxylation is 2. The third-order valence-corrected chi connectivity index (χ3v) is 9.11. The number of hydrogen-bond acceptors (Lipinski definition) is 4. The molecule has 2 N–H and O–H groups in total. The lowest BCUT2D eigenvalue weighted by atomic mass is 9.90. The smallest absolute Gasteiger partial charge is 0.320 e. The Bertz CT molecular complexity index is 1240. The van der Waals surface area contributed by atoms with Crippen LogP contribution in [-0.2, 0) is 6.54 Å². The maximum Gasteiger partial charge on any atom is 0.320 e. The Balaban J connectivity index is 1.38. The van der Waals surface area contributed by atoms with Crippen LogP contribution in [0, 0.1) is 25.5 Å². The first-order chi connectivity index (χ1) is 18.2. The maximum atomic E-state index is 14.9. The number of nitrogens with one attached hydrogen (secondary N) is 2. The van der Waals surface area contributed by atoms with Crippen LogP contribution in [0.5, 0.6) is 0 Å². The molecule has 3 heterocycles. The molecule has 2 atom stereocenters. The summed E-state index contributed by atoms with van der Waals surface area (Å²) in [5.41, 5.74) is 2.72. The van der Waals surface area contributed by atoms with Crippen molar-refractivity contribution in [2.75, 3.05) is 33.2 Å². The number of urea groups is 1. The Morgan fingerprint density at radius 1 is 1.13 bits per heavy atom. The molecular weight excluding hydrogens is 488 g/mol. The average Bonchev–Trinajstić information content (AvgIpc) is 3.37. The number of halogens is 2. The van der Waals surface area contributed by atoms with Crippen LogP contribution in [0.25, 0.3) is 0 Å². The lowest BCUT2D eigenvalue weighted by molar-refractivity contribution is -0.00241. The number of benzene rings is 1. The number of aromatic nitrogens is 1. The van der Waals surface area contributed by atoms with Crippen LogP contribution in [0.1, 0.15) is 67.0 Å². The van der Waals surface area contributed by atoms with Gasteiger partial charge in [-0.3, -0.25) is 9.69 Å². The summed E-state index contributed by atoms with van der Waals surface area (Å²) in [5, 5.41) is 3.25. The summed E-state index contributed by atoms with van der Waals surface area (Å²) in [7, 11) is 1.87. The van der Waals surface area contributed by atoms with Gasteiger partial charge in [-0.1, -0.05) is 12.8 Å². The highest BCUT2D eigenvalue weighted by atomic mass is 19.1. The van der Waals surface area contributed by atoms with Crippen molar-refractivity contribution in [1.29, 1.82) is 0 Å². The minimum absolute atomic E-state index is 0.0490. The first kappa shape index (κ1) is 26.8. The van der Waals surface area contributed by atoms with Gasteiger partial charge < -0.3 is 20.1 Å². The monoisotopic (exact) mass is 527 g/mol. The molecule has 3 fully saturated rings. The van der Waals surface area contributed by atoms with Gasteiger partial charge >= 0.3 is 6.03 Å². The van der Waals surface area contributed by atoms with E-state index in [2.05, 4.69) is 15.2 Å². The minimum atomic E-state index is -0.531. The van der Waals surface area contributed by atoms with Crippen molar-refractivity contribution in [1.82, 2.24) is 25.0 Å². The first-order valence-corrected chi connectivity index (χ1v) is 13.8. The molecule has 2 aliphatic heterocycles. The van der Waals surface area contributed by atoms with Crippen molar-refractivity contribution < 1.29 is 13.6 Å². The molecule has 2 amide bonds. The van der Waals surface area contributed by atoms with E-state index in [1.807, 2.05) is 31.9 Å². The van der Waals surface area contributed by atoms with Gasteiger partial charge in [0.1, 0.15) is 11.6 Å². The van der Waals surface area contributed by atoms with E-state index in [0.717, 1.165) is 61.1 Å². The van der Waals surface area contributed by atoms with E-state index < -0.39 is 17.7 Å². The van der Waals surface area contributed by atoms with Crippen LogP contribution in [0.4, 0.5) is 13.6 Å². The van der Waals surface area contributed by atoms with Crippen molar-refractivity contribution in [2.24, 2.45) is 0 Å². The number of carbonyl (C=O) groups is 1. The first-order valence-electron chi connectivity index (χ1n) is 13.8. The molecule has 1 aliphatic carbocycles. The maximum absolute atomic E-state index is 14.9. The van der Waals surface area contributed by atoms with Crippen LogP contribution in [0.15, 0.2) is 29.1 Å². The molecule has 2 saturated heterocycles. The molecule has 206 valence electrons. The zero-order chi connectivity index (χ0) is 27.0. The summed E-state index contributed by atoms with van der Waals surface area (Å²) in [6.07, 6.45) is 5.42. The van der Waals surface area contributed by atoms with Gasteiger partial charge in [0.2, 0.25) is 0 Å². The Hall–Kier alpha value is -2.78. The van der Waals surface area contributed by atoms with Gasteiger partial charge in [-0.15, -0.1) is 0 Å². The van der Waals surface area contributed by atoms with Gasteiger partial charge in [0.25, 0.3) is 5.56 Å². The predicted octanol–water partition coefficient (Wildman–Crippen LogP) is 4.25. The fraction of sp³-hybridized carbons (Fsp3) is 0.586. The summed E-state index contributed by atoms with van der Waals surface area (Å²) in [4.78, 5) is 35.7. The number of hydrogen-bond donors (Lipinski definition) is 2. The third-order valence-electron chi connectivity index (χ3n) is 9.11. The summed E-state index contributed by atoms with van der Waals surface area (Å²) in [5.74, 6) is -0.984. The van der Waals surface area contributed by atoms with E-state index >= 15 is 0 Å². The number of pyridine rings is 1. The summed E-state index contributed by atoms with van der Waals surface area (Å²) >= 11 is 0. The van der Waals surface area contributed by atoms with E-state index in [4.69, 9.17) is 0 Å². The van der Waals surface area contributed by atoms with E-state index in [1.54, 1.807) is 4.90 Å². The van der Waals surface area contributed by atoms with Crippen molar-refractivity contribution in [3.05, 3.63) is 68.6 Å². The van der Waals surface area contributed by atoms with Crippen LogP contribution in [-0.4, -0.2) is 70.5 Å². The van der Waals surface area contributed by atoms with Gasteiger partial charge in [0.15, 0.2) is 0 Å². The SMILES string of the molecule is CN[C@@H]1CCN(C(=O)N2CCN(Cc3cc(C)c(C)[nH]c3=O)C3(CCCC3)C2)[C@H](c2cc(F)ccc2F)C1. The van der Waals surface area contributed by atoms with Crippen LogP contribution >= 0.6 is 0 Å². The molecule has 2 aromatic rings. The topological polar surface area (TPSA) is 71.7 Å². The second-order valence-corrected chi connectivity index (χ2v) is 11.4. The molecule has 0 radical (unpaired) electrons. The van der Waals surface area contributed by atoms with Crippen molar-refractivity contribution >= 4 is 6.03 Å². The average molecular weight is 528 g/mol. The van der Waals surface area contributed by atoms with E-state index in [9.17, 15) is 18.4 Å². The molecule has 7 nitrogen and oxygen atoms in total. The normalized spacial score (nSPS) is 23.8. The highest BCUT2D eigenvalue weighted by Gasteiger charge is 2.46. The second-order valence-electron chi connectivity index (χ2n) is 11.4. The van der Waals surface area contributed by atoms with Gasteiger partial charge in [-0.2, -0.15) is 0 Å². The standard InChI is InChI=1S/C29H39F2N5O2/c1-19-14-21(27(37)33-20(19)2)17-35-13-12-34(18-29(35)9-4-5-10-29)28(38)36-11-8-23(32-3)16-26(36)24-15-22(30)6-7-25(24)31/h6-7,14-15,23,26,32H,4-5,8-13,16-18H2,1-3H3,(H,33,37)/t23-,26+/m1/s1. The number of likely N-dealkylation sites (tertiary alicyclic amines) is 1. The molecule has 0 bridgehead atoms. The number of carbonyl (C=O) groups excluding carboxylic acids is 1. The summed E-state index contributed by atoms with van der Waals surface area (Å²) in [6.45, 7) is 6.74. The van der Waals surface area contributed by atoms with Gasteiger partial charge in [0.05, 0.1) is 6.04 Å². The number of nitrogens with zero attached hydrogens (tertiary/aromatic N) is 3. The Kier molecular flexibility index (Phi) is 7.60. The molecule has 5 rings (SSSR count). The van der Waals surface area contributed by atoms with E-state index in [0.29, 0.717) is 39.1 Å². The number of piperazine rings is 1. The van der Waals surface area contributed by atoms with Crippen LogP contribution < -0.4 is 10.9 Å². The number of aromatic amines is 1. The van der Waals surface area contributed by atoms with Crippen LogP contribution in [0.2, 0.25) is 0 Å². The lowest BCUT2D eigenvalue weighted by Crippen LogP contribution is -2.64. The van der Waals surface area contributed by atoms with Crippen LogP contribution in [0.3, 0.4) is 0 Å². The number of H-pyrrole nitrogens is 1. The largest absolute Gasteiger partial charge is 0.326 e. The molecule has 1 spiro atoms. The second kappa shape index (κ2) is 10.8. The summed E-state index contributed by atoms with van der Waals surface area (Å²) in [6, 6.07) is 4.97. The Morgan fingerprint density at radius 3 is 2.63 bits per heavy atom. The number of piperidine rings is 1. The fourth-order valence-electron chi connectivity index (χ4n) is 6.74. The van der Waals surface area contributed by atoms with Crippen molar-refractivity contribution in [2.45, 2.75) is 76.5 Å². The Morgan fingerprint density at radius 2 is 1.89 bits per heavy atom. The predicted molar refractivity (Wildman–Crippen MR) is 143 cm³/mol. The Labute approximate surface area is 223 Å². The third kappa shape index (κ3) is 5.10. The van der Waals surface area contributed by atoms with E-state index in [1.165, 1.54) is 6.07 Å². The van der Waals surface area contributed by atoms with Crippen molar-refractivity contribution in [3.8, 4) is 0 Å². The zero-order valence-electron chi connectivity index (χ0n) is 22.7. The zero-order valence-corrected chi connectivity index (χ0v) is 22.7. The molecular formula is C29H39F2N5O2. The molecule has 3 aliphatic rings. The molecule has 1 saturated carbocycles. The molecule has 1 aromatic heterocycles. The molecule has 0 unspecified atom stereocenters. The molecule has 1 aromatic carbocycles. The van der Waals surface area contributed by atoms with Gasteiger partial charge in [-0.05, 0) is 76.4 Å². The fourth-order valence-corrected chi connectivity index (χ4v) is 6.74. The lowest BCUT2D eigenvalue weighted by Gasteiger charge is -2.51. The van der Waals surface area contributed by atoms with Gasteiger partial charge in [-0.25, -0.2) is 13.6 Å².